The Morgan fingerprint density at radius 1 is 0.328 bits per heavy atom. The van der Waals surface area contributed by atoms with Crippen molar-refractivity contribution in [2.45, 2.75) is 0 Å². The molecule has 12 aromatic rings. The fourth-order valence-electron chi connectivity index (χ4n) is 9.28. The van der Waals surface area contributed by atoms with Gasteiger partial charge < -0.3 is 9.32 Å². The summed E-state index contributed by atoms with van der Waals surface area (Å²) >= 11 is 1.86. The second kappa shape index (κ2) is 14.5. The van der Waals surface area contributed by atoms with Gasteiger partial charge in [-0.05, 0) is 110 Å². The molecule has 0 fully saturated rings. The van der Waals surface area contributed by atoms with Gasteiger partial charge in [0.05, 0.1) is 5.69 Å². The summed E-state index contributed by atoms with van der Waals surface area (Å²) in [6.45, 7) is 0. The Balaban J connectivity index is 1.00. The van der Waals surface area contributed by atoms with Crippen molar-refractivity contribution in [2.75, 3.05) is 4.90 Å². The van der Waals surface area contributed by atoms with Crippen molar-refractivity contribution in [1.82, 2.24) is 0 Å². The van der Waals surface area contributed by atoms with Gasteiger partial charge in [-0.3, -0.25) is 0 Å². The number of hydrogen-bond acceptors (Lipinski definition) is 3. The van der Waals surface area contributed by atoms with Gasteiger partial charge in [-0.25, -0.2) is 0 Å². The molecule has 0 aliphatic rings. The maximum atomic E-state index is 6.28. The number of para-hydroxylation sites is 2. The fourth-order valence-corrected chi connectivity index (χ4v) is 10.4. The monoisotopic (exact) mass is 795 g/mol. The number of nitrogens with zero attached hydrogens (tertiary/aromatic N) is 1. The quantitative estimate of drug-likeness (QED) is 0.160. The first-order chi connectivity index (χ1) is 30.2. The molecular weight excluding hydrogens is 759 g/mol. The summed E-state index contributed by atoms with van der Waals surface area (Å²) in [5, 5.41) is 7.39. The van der Waals surface area contributed by atoms with Crippen LogP contribution in [-0.2, 0) is 0 Å². The Labute approximate surface area is 357 Å². The maximum absolute atomic E-state index is 6.28. The van der Waals surface area contributed by atoms with E-state index in [4.69, 9.17) is 4.42 Å². The smallest absolute Gasteiger partial charge is 0.136 e. The summed E-state index contributed by atoms with van der Waals surface area (Å²) in [7, 11) is 0. The van der Waals surface area contributed by atoms with Crippen molar-refractivity contribution < 1.29 is 4.42 Å². The fraction of sp³-hybridized carbons (Fsp3) is 0. The van der Waals surface area contributed by atoms with E-state index in [2.05, 4.69) is 217 Å². The SMILES string of the molecule is c1cc(-c2ccccc2N(c2ccc(-c3cccc4oc5ccccc5c34)cc2)c2ccc(-c3cccc4sc5ccccc5c34)cc2)cc(-c2cccc3ccccc23)c1. The van der Waals surface area contributed by atoms with Crippen molar-refractivity contribution in [3.05, 3.63) is 224 Å². The Morgan fingerprint density at radius 2 is 0.852 bits per heavy atom. The lowest BCUT2D eigenvalue weighted by atomic mass is 9.94. The summed E-state index contributed by atoms with van der Waals surface area (Å²) in [4.78, 5) is 2.40. The third-order valence-electron chi connectivity index (χ3n) is 12.1. The van der Waals surface area contributed by atoms with Crippen LogP contribution in [0.3, 0.4) is 0 Å². The molecule has 0 amide bonds. The van der Waals surface area contributed by atoms with Crippen LogP contribution in [0.1, 0.15) is 0 Å². The largest absolute Gasteiger partial charge is 0.456 e. The lowest BCUT2D eigenvalue weighted by molar-refractivity contribution is 0.669. The minimum atomic E-state index is 0.898. The van der Waals surface area contributed by atoms with Crippen LogP contribution >= 0.6 is 11.3 Å². The molecule has 2 aromatic heterocycles. The molecule has 0 radical (unpaired) electrons. The predicted octanol–water partition coefficient (Wildman–Crippen LogP) is 17.2. The lowest BCUT2D eigenvalue weighted by Gasteiger charge is -2.28. The molecule has 61 heavy (non-hydrogen) atoms. The van der Waals surface area contributed by atoms with E-state index in [0.29, 0.717) is 0 Å². The number of anilines is 3. The molecule has 0 bridgehead atoms. The van der Waals surface area contributed by atoms with Crippen LogP contribution in [-0.4, -0.2) is 0 Å². The number of benzene rings is 10. The maximum Gasteiger partial charge on any atom is 0.136 e. The Bertz CT molecular complexity index is 3430. The van der Waals surface area contributed by atoms with E-state index in [-0.39, 0.29) is 0 Å². The topological polar surface area (TPSA) is 16.4 Å². The first kappa shape index (κ1) is 35.2. The standard InChI is InChI=1S/C58H37NOS/c1-2-17-45-38(13-1)14-10-21-46(45)41-15-9-16-42(37-41)47-18-3-6-24-52(47)59(43-33-29-39(30-34-43)48-22-11-26-54-57(48)50-19-4-7-25-53(50)60-54)44-35-31-40(32-36-44)49-23-12-28-56-58(49)51-20-5-8-27-55(51)61-56/h1-37H. The van der Waals surface area contributed by atoms with Crippen LogP contribution < -0.4 is 4.90 Å². The summed E-state index contributed by atoms with van der Waals surface area (Å²) < 4.78 is 8.90. The highest BCUT2D eigenvalue weighted by Crippen LogP contribution is 2.45. The van der Waals surface area contributed by atoms with Gasteiger partial charge >= 0.3 is 0 Å². The van der Waals surface area contributed by atoms with E-state index in [9.17, 15) is 0 Å². The van der Waals surface area contributed by atoms with E-state index in [0.717, 1.165) is 61.3 Å². The predicted molar refractivity (Wildman–Crippen MR) is 261 cm³/mol. The second-order valence-corrected chi connectivity index (χ2v) is 16.7. The summed E-state index contributed by atoms with van der Waals surface area (Å²) in [6, 6.07) is 81.2. The van der Waals surface area contributed by atoms with E-state index in [1.54, 1.807) is 0 Å². The van der Waals surface area contributed by atoms with Gasteiger partial charge in [0, 0.05) is 47.9 Å². The van der Waals surface area contributed by atoms with Gasteiger partial charge in [0.2, 0.25) is 0 Å². The van der Waals surface area contributed by atoms with Crippen molar-refractivity contribution in [3.8, 4) is 44.5 Å². The molecule has 0 aliphatic carbocycles. The van der Waals surface area contributed by atoms with E-state index >= 15 is 0 Å². The molecule has 0 aliphatic heterocycles. The third kappa shape index (κ3) is 6.01. The minimum absolute atomic E-state index is 0.898. The summed E-state index contributed by atoms with van der Waals surface area (Å²) in [5.74, 6) is 0. The molecule has 10 aromatic carbocycles. The second-order valence-electron chi connectivity index (χ2n) is 15.6. The average molecular weight is 796 g/mol. The normalized spacial score (nSPS) is 11.6. The molecule has 3 heteroatoms. The zero-order valence-corrected chi connectivity index (χ0v) is 33.9. The molecule has 286 valence electrons. The van der Waals surface area contributed by atoms with Crippen LogP contribution in [0.2, 0.25) is 0 Å². The molecule has 0 N–H and O–H groups in total. The summed E-state index contributed by atoms with van der Waals surface area (Å²) in [5.41, 5.74) is 14.6. The molecular formula is C58H37NOS. The number of rotatable bonds is 7. The third-order valence-corrected chi connectivity index (χ3v) is 13.2. The number of fused-ring (bicyclic) bond motifs is 7. The average Bonchev–Trinajstić information content (AvgIpc) is 3.91. The van der Waals surface area contributed by atoms with Gasteiger partial charge in [0.25, 0.3) is 0 Å². The zero-order valence-electron chi connectivity index (χ0n) is 33.1. The highest BCUT2D eigenvalue weighted by Gasteiger charge is 2.20. The highest BCUT2D eigenvalue weighted by atomic mass is 32.1. The minimum Gasteiger partial charge on any atom is -0.456 e. The van der Waals surface area contributed by atoms with Crippen molar-refractivity contribution >= 4 is 81.3 Å². The summed E-state index contributed by atoms with van der Waals surface area (Å²) in [6.07, 6.45) is 0. The molecule has 0 saturated carbocycles. The van der Waals surface area contributed by atoms with Crippen molar-refractivity contribution in [3.63, 3.8) is 0 Å². The van der Waals surface area contributed by atoms with Gasteiger partial charge in [-0.15, -0.1) is 11.3 Å². The molecule has 0 saturated heterocycles. The first-order valence-corrected chi connectivity index (χ1v) is 21.6. The van der Waals surface area contributed by atoms with Gasteiger partial charge in [0.15, 0.2) is 0 Å². The lowest BCUT2D eigenvalue weighted by Crippen LogP contribution is -2.11. The molecule has 12 rings (SSSR count). The molecule has 0 spiro atoms. The first-order valence-electron chi connectivity index (χ1n) is 20.7. The van der Waals surface area contributed by atoms with E-state index in [1.165, 1.54) is 53.2 Å². The van der Waals surface area contributed by atoms with Crippen LogP contribution in [0, 0.1) is 0 Å². The Morgan fingerprint density at radius 3 is 1.66 bits per heavy atom. The van der Waals surface area contributed by atoms with Crippen molar-refractivity contribution in [1.29, 1.82) is 0 Å². The van der Waals surface area contributed by atoms with Crippen LogP contribution in [0.4, 0.5) is 17.1 Å². The van der Waals surface area contributed by atoms with E-state index < -0.39 is 0 Å². The van der Waals surface area contributed by atoms with Crippen molar-refractivity contribution in [2.24, 2.45) is 0 Å². The van der Waals surface area contributed by atoms with Gasteiger partial charge in [0.1, 0.15) is 11.2 Å². The molecule has 0 unspecified atom stereocenters. The van der Waals surface area contributed by atoms with Gasteiger partial charge in [-0.2, -0.15) is 0 Å². The van der Waals surface area contributed by atoms with E-state index in [1.807, 2.05) is 23.5 Å². The Kier molecular flexibility index (Phi) is 8.39. The van der Waals surface area contributed by atoms with Crippen LogP contribution in [0.25, 0.3) is 97.4 Å². The van der Waals surface area contributed by atoms with Crippen LogP contribution in [0.15, 0.2) is 229 Å². The molecule has 0 atom stereocenters. The van der Waals surface area contributed by atoms with Gasteiger partial charge in [-0.1, -0.05) is 164 Å². The number of thiophene rings is 1. The zero-order chi connectivity index (χ0) is 40.3. The van der Waals surface area contributed by atoms with Crippen LogP contribution in [0.5, 0.6) is 0 Å². The Hall–Kier alpha value is -7.72. The molecule has 2 nitrogen and oxygen atoms in total. The molecule has 2 heterocycles. The number of hydrogen-bond donors (Lipinski definition) is 0. The highest BCUT2D eigenvalue weighted by molar-refractivity contribution is 7.25. The number of furan rings is 1.